The van der Waals surface area contributed by atoms with E-state index >= 15 is 0 Å². The Kier molecular flexibility index (Phi) is 4.42. The Morgan fingerprint density at radius 1 is 1.56 bits per heavy atom. The van der Waals surface area contributed by atoms with Crippen molar-refractivity contribution in [3.8, 4) is 0 Å². The van der Waals surface area contributed by atoms with Gasteiger partial charge in [-0.05, 0) is 17.6 Å². The van der Waals surface area contributed by atoms with Crippen LogP contribution >= 0.6 is 0 Å². The number of carbonyl (C=O) groups excluding carboxylic acids is 1. The van der Waals surface area contributed by atoms with Crippen LogP contribution in [-0.2, 0) is 4.74 Å². The molecule has 1 aromatic rings. The molecule has 0 bridgehead atoms. The Balaban J connectivity index is 2.86. The van der Waals surface area contributed by atoms with E-state index in [4.69, 9.17) is 10.0 Å². The summed E-state index contributed by atoms with van der Waals surface area (Å²) in [5.41, 5.74) is -0.192. The largest absolute Gasteiger partial charge is 0.488 e. The molecule has 1 aromatic carbocycles. The van der Waals surface area contributed by atoms with E-state index in [0.717, 1.165) is 6.07 Å². The molecule has 0 aliphatic heterocycles. The van der Waals surface area contributed by atoms with Gasteiger partial charge in [-0.2, -0.15) is 0 Å². The first-order valence-electron chi connectivity index (χ1n) is 4.49. The molecule has 16 heavy (non-hydrogen) atoms. The molecule has 0 aliphatic carbocycles. The summed E-state index contributed by atoms with van der Waals surface area (Å²) in [7, 11) is -0.368. The van der Waals surface area contributed by atoms with Gasteiger partial charge in [0.2, 0.25) is 0 Å². The van der Waals surface area contributed by atoms with Gasteiger partial charge in [-0.25, -0.2) is 4.39 Å². The number of methoxy groups -OCH3 is 1. The Morgan fingerprint density at radius 2 is 2.25 bits per heavy atom. The van der Waals surface area contributed by atoms with Gasteiger partial charge in [0.15, 0.2) is 0 Å². The molecule has 0 fully saturated rings. The molecule has 7 heteroatoms. The molecule has 1 amide bonds. The lowest BCUT2D eigenvalue weighted by Gasteiger charge is -2.06. The zero-order valence-corrected chi connectivity index (χ0v) is 8.61. The molecule has 0 heterocycles. The Hall–Kier alpha value is -1.44. The lowest BCUT2D eigenvalue weighted by atomic mass is 9.80. The van der Waals surface area contributed by atoms with Crippen molar-refractivity contribution < 1.29 is 24.0 Å². The van der Waals surface area contributed by atoms with Crippen molar-refractivity contribution >= 4 is 18.5 Å². The standard InChI is InChI=1S/C9H11BFNO4/c1-16-5-12-9(13)7-3-2-6(10(14)15)4-8(7)11/h2-4,14-15H,5H2,1H3,(H,12,13). The second-order valence-electron chi connectivity index (χ2n) is 3.05. The Morgan fingerprint density at radius 3 is 2.75 bits per heavy atom. The number of benzene rings is 1. The molecule has 3 N–H and O–H groups in total. The monoisotopic (exact) mass is 227 g/mol. The quantitative estimate of drug-likeness (QED) is 0.447. The number of amides is 1. The third-order valence-electron chi connectivity index (χ3n) is 1.91. The van der Waals surface area contributed by atoms with E-state index < -0.39 is 18.8 Å². The average Bonchev–Trinajstić information content (AvgIpc) is 2.25. The second-order valence-corrected chi connectivity index (χ2v) is 3.05. The minimum Gasteiger partial charge on any atom is -0.423 e. The first kappa shape index (κ1) is 12.6. The van der Waals surface area contributed by atoms with E-state index in [9.17, 15) is 9.18 Å². The molecule has 5 nitrogen and oxygen atoms in total. The second kappa shape index (κ2) is 5.59. The third-order valence-corrected chi connectivity index (χ3v) is 1.91. The van der Waals surface area contributed by atoms with Gasteiger partial charge >= 0.3 is 7.12 Å². The maximum absolute atomic E-state index is 13.4. The summed E-state index contributed by atoms with van der Waals surface area (Å²) < 4.78 is 18.0. The third kappa shape index (κ3) is 3.03. The molecular formula is C9H11BFNO4. The van der Waals surface area contributed by atoms with Crippen molar-refractivity contribution in [3.05, 3.63) is 29.6 Å². The van der Waals surface area contributed by atoms with Crippen LogP contribution in [0.1, 0.15) is 10.4 Å². The minimum atomic E-state index is -1.76. The van der Waals surface area contributed by atoms with Crippen molar-refractivity contribution in [1.82, 2.24) is 5.32 Å². The predicted molar refractivity (Wildman–Crippen MR) is 55.6 cm³/mol. The van der Waals surface area contributed by atoms with E-state index in [0.29, 0.717) is 0 Å². The Labute approximate surface area is 92.0 Å². The van der Waals surface area contributed by atoms with Crippen LogP contribution in [0, 0.1) is 5.82 Å². The van der Waals surface area contributed by atoms with Gasteiger partial charge in [-0.15, -0.1) is 0 Å². The van der Waals surface area contributed by atoms with E-state index in [2.05, 4.69) is 10.1 Å². The number of halogens is 1. The maximum atomic E-state index is 13.4. The predicted octanol–water partition coefficient (Wildman–Crippen LogP) is -1.16. The molecule has 86 valence electrons. The number of carbonyl (C=O) groups is 1. The number of nitrogens with one attached hydrogen (secondary N) is 1. The van der Waals surface area contributed by atoms with E-state index in [1.807, 2.05) is 0 Å². The van der Waals surface area contributed by atoms with Crippen LogP contribution in [0.3, 0.4) is 0 Å². The molecule has 0 unspecified atom stereocenters. The van der Waals surface area contributed by atoms with Gasteiger partial charge in [-0.1, -0.05) is 6.07 Å². The van der Waals surface area contributed by atoms with Gasteiger partial charge in [0.1, 0.15) is 12.5 Å². The summed E-state index contributed by atoms with van der Waals surface area (Å²) in [6.45, 7) is -0.0251. The van der Waals surface area contributed by atoms with E-state index in [-0.39, 0.29) is 17.8 Å². The van der Waals surface area contributed by atoms with Gasteiger partial charge in [0.05, 0.1) is 5.56 Å². The summed E-state index contributed by atoms with van der Waals surface area (Å²) in [5, 5.41) is 19.9. The highest BCUT2D eigenvalue weighted by atomic mass is 19.1. The van der Waals surface area contributed by atoms with Crippen LogP contribution in [-0.4, -0.2) is 36.9 Å². The summed E-state index contributed by atoms with van der Waals surface area (Å²) in [5.74, 6) is -1.45. The molecule has 0 aromatic heterocycles. The molecule has 0 saturated heterocycles. The van der Waals surface area contributed by atoms with Crippen LogP contribution in [0.2, 0.25) is 0 Å². The molecule has 0 atom stereocenters. The van der Waals surface area contributed by atoms with Gasteiger partial charge in [-0.3, -0.25) is 4.79 Å². The normalized spacial score (nSPS) is 10.0. The summed E-state index contributed by atoms with van der Waals surface area (Å²) >= 11 is 0. The van der Waals surface area contributed by atoms with E-state index in [1.54, 1.807) is 0 Å². The number of hydrogen-bond acceptors (Lipinski definition) is 4. The fourth-order valence-corrected chi connectivity index (χ4v) is 1.11. The smallest absolute Gasteiger partial charge is 0.423 e. The maximum Gasteiger partial charge on any atom is 0.488 e. The van der Waals surface area contributed by atoms with Crippen molar-refractivity contribution in [2.45, 2.75) is 0 Å². The number of rotatable bonds is 4. The zero-order chi connectivity index (χ0) is 12.1. The van der Waals surface area contributed by atoms with E-state index in [1.165, 1.54) is 19.2 Å². The number of ether oxygens (including phenoxy) is 1. The van der Waals surface area contributed by atoms with Crippen molar-refractivity contribution in [3.63, 3.8) is 0 Å². The summed E-state index contributed by atoms with van der Waals surface area (Å²) in [6.07, 6.45) is 0. The van der Waals surface area contributed by atoms with Crippen molar-refractivity contribution in [2.24, 2.45) is 0 Å². The first-order valence-corrected chi connectivity index (χ1v) is 4.49. The van der Waals surface area contributed by atoms with Crippen LogP contribution < -0.4 is 10.8 Å². The number of hydrogen-bond donors (Lipinski definition) is 3. The minimum absolute atomic E-state index is 0.0132. The fourth-order valence-electron chi connectivity index (χ4n) is 1.11. The molecule has 0 aliphatic rings. The van der Waals surface area contributed by atoms with Crippen LogP contribution in [0.5, 0.6) is 0 Å². The Bertz CT molecular complexity index is 386. The zero-order valence-electron chi connectivity index (χ0n) is 8.61. The SMILES string of the molecule is COCNC(=O)c1ccc(B(O)O)cc1F. The highest BCUT2D eigenvalue weighted by molar-refractivity contribution is 6.58. The van der Waals surface area contributed by atoms with Gasteiger partial charge < -0.3 is 20.1 Å². The molecular weight excluding hydrogens is 216 g/mol. The lowest BCUT2D eigenvalue weighted by molar-refractivity contribution is 0.0868. The topological polar surface area (TPSA) is 78.8 Å². The van der Waals surface area contributed by atoms with Gasteiger partial charge in [0.25, 0.3) is 5.91 Å². The average molecular weight is 227 g/mol. The molecule has 0 saturated carbocycles. The molecule has 1 rings (SSSR count). The van der Waals surface area contributed by atoms with Crippen molar-refractivity contribution in [1.29, 1.82) is 0 Å². The first-order chi connectivity index (χ1) is 7.56. The highest BCUT2D eigenvalue weighted by Crippen LogP contribution is 2.05. The van der Waals surface area contributed by atoms with Crippen LogP contribution in [0.15, 0.2) is 18.2 Å². The van der Waals surface area contributed by atoms with Crippen LogP contribution in [0.25, 0.3) is 0 Å². The van der Waals surface area contributed by atoms with Crippen LogP contribution in [0.4, 0.5) is 4.39 Å². The summed E-state index contributed by atoms with van der Waals surface area (Å²) in [4.78, 5) is 11.3. The highest BCUT2D eigenvalue weighted by Gasteiger charge is 2.16. The van der Waals surface area contributed by atoms with Crippen molar-refractivity contribution in [2.75, 3.05) is 13.8 Å². The van der Waals surface area contributed by atoms with Gasteiger partial charge in [0, 0.05) is 7.11 Å². The molecule has 0 spiro atoms. The molecule has 0 radical (unpaired) electrons. The lowest BCUT2D eigenvalue weighted by Crippen LogP contribution is -2.32. The summed E-state index contributed by atoms with van der Waals surface area (Å²) in [6, 6.07) is 3.33. The fraction of sp³-hybridized carbons (Fsp3) is 0.222.